The van der Waals surface area contributed by atoms with Crippen molar-refractivity contribution in [1.29, 1.82) is 0 Å². The maximum Gasteiger partial charge on any atom is 0.261 e. The third-order valence-corrected chi connectivity index (χ3v) is 6.14. The first-order valence-electron chi connectivity index (χ1n) is 11.1. The van der Waals surface area contributed by atoms with Gasteiger partial charge in [0.05, 0.1) is 18.1 Å². The number of amides is 2. The van der Waals surface area contributed by atoms with Gasteiger partial charge in [-0.25, -0.2) is 0 Å². The number of ether oxygens (including phenoxy) is 1. The largest absolute Gasteiger partial charge is 0.372 e. The minimum Gasteiger partial charge on any atom is -0.372 e. The summed E-state index contributed by atoms with van der Waals surface area (Å²) in [6.07, 6.45) is 0. The number of carbonyl (C=O) groups excluding carboxylic acids is 2. The van der Waals surface area contributed by atoms with Gasteiger partial charge in [-0.15, -0.1) is 11.3 Å². The first-order valence-corrected chi connectivity index (χ1v) is 11.9. The molecule has 1 aromatic heterocycles. The third kappa shape index (κ3) is 6.88. The van der Waals surface area contributed by atoms with Crippen molar-refractivity contribution in [1.82, 2.24) is 10.6 Å². The molecule has 6 heteroatoms. The zero-order valence-corrected chi connectivity index (χ0v) is 19.5. The fourth-order valence-electron chi connectivity index (χ4n) is 3.35. The highest BCUT2D eigenvalue weighted by Gasteiger charge is 2.08. The molecule has 0 fully saturated rings. The van der Waals surface area contributed by atoms with Crippen molar-refractivity contribution in [2.75, 3.05) is 0 Å². The molecule has 1 heterocycles. The van der Waals surface area contributed by atoms with Gasteiger partial charge in [0.2, 0.25) is 0 Å². The van der Waals surface area contributed by atoms with E-state index in [-0.39, 0.29) is 11.8 Å². The maximum absolute atomic E-state index is 12.5. The van der Waals surface area contributed by atoms with Gasteiger partial charge >= 0.3 is 0 Å². The van der Waals surface area contributed by atoms with Gasteiger partial charge in [0.25, 0.3) is 11.8 Å². The Labute approximate surface area is 203 Å². The van der Waals surface area contributed by atoms with Crippen LogP contribution in [0.2, 0.25) is 0 Å². The van der Waals surface area contributed by atoms with Crippen LogP contribution in [-0.4, -0.2) is 11.8 Å². The van der Waals surface area contributed by atoms with Crippen molar-refractivity contribution in [3.8, 4) is 0 Å². The summed E-state index contributed by atoms with van der Waals surface area (Å²) < 4.78 is 5.77. The normalized spacial score (nSPS) is 10.6. The van der Waals surface area contributed by atoms with Crippen molar-refractivity contribution in [2.45, 2.75) is 26.3 Å². The second-order valence-electron chi connectivity index (χ2n) is 7.83. The smallest absolute Gasteiger partial charge is 0.261 e. The molecule has 0 radical (unpaired) electrons. The van der Waals surface area contributed by atoms with Gasteiger partial charge in [-0.05, 0) is 45.8 Å². The SMILES string of the molecule is O=C(NCc1ccc(COCc2ccccc2)cc1)c1ccc(CNC(=O)c2cccs2)cc1. The molecule has 2 amide bonds. The molecule has 172 valence electrons. The van der Waals surface area contributed by atoms with Gasteiger partial charge in [0.1, 0.15) is 0 Å². The lowest BCUT2D eigenvalue weighted by Crippen LogP contribution is -2.23. The van der Waals surface area contributed by atoms with E-state index < -0.39 is 0 Å². The van der Waals surface area contributed by atoms with Crippen LogP contribution in [0.4, 0.5) is 0 Å². The number of nitrogens with one attached hydrogen (secondary N) is 2. The van der Waals surface area contributed by atoms with E-state index in [9.17, 15) is 9.59 Å². The zero-order valence-electron chi connectivity index (χ0n) is 18.7. The third-order valence-electron chi connectivity index (χ3n) is 5.27. The molecule has 3 aromatic carbocycles. The minimum atomic E-state index is -0.135. The summed E-state index contributed by atoms with van der Waals surface area (Å²) in [5.41, 5.74) is 4.78. The molecule has 0 aliphatic heterocycles. The number of rotatable bonds is 10. The molecule has 0 aliphatic rings. The second kappa shape index (κ2) is 11.9. The Morgan fingerprint density at radius 3 is 1.79 bits per heavy atom. The van der Waals surface area contributed by atoms with Crippen molar-refractivity contribution >= 4 is 23.2 Å². The topological polar surface area (TPSA) is 67.4 Å². The van der Waals surface area contributed by atoms with Crippen LogP contribution >= 0.6 is 11.3 Å². The van der Waals surface area contributed by atoms with E-state index in [1.807, 2.05) is 78.2 Å². The molecule has 0 spiro atoms. The van der Waals surface area contributed by atoms with Crippen LogP contribution in [0.3, 0.4) is 0 Å². The van der Waals surface area contributed by atoms with Crippen molar-refractivity contribution in [3.05, 3.63) is 129 Å². The van der Waals surface area contributed by atoms with Gasteiger partial charge < -0.3 is 15.4 Å². The van der Waals surface area contributed by atoms with Crippen molar-refractivity contribution < 1.29 is 14.3 Å². The Bertz CT molecular complexity index is 1190. The first-order chi connectivity index (χ1) is 16.7. The van der Waals surface area contributed by atoms with Crippen LogP contribution in [0.5, 0.6) is 0 Å². The molecule has 4 rings (SSSR count). The molecule has 0 aliphatic carbocycles. The fourth-order valence-corrected chi connectivity index (χ4v) is 3.99. The fraction of sp³-hybridized carbons (Fsp3) is 0.143. The monoisotopic (exact) mass is 470 g/mol. The average molecular weight is 471 g/mol. The molecule has 0 saturated carbocycles. The highest BCUT2D eigenvalue weighted by atomic mass is 32.1. The molecular formula is C28H26N2O3S. The van der Waals surface area contributed by atoms with Gasteiger partial charge in [0.15, 0.2) is 0 Å². The molecule has 4 aromatic rings. The zero-order chi connectivity index (χ0) is 23.6. The number of benzene rings is 3. The minimum absolute atomic E-state index is 0.0920. The summed E-state index contributed by atoms with van der Waals surface area (Å²) in [4.78, 5) is 25.2. The van der Waals surface area contributed by atoms with Crippen LogP contribution in [0.15, 0.2) is 96.4 Å². The van der Waals surface area contributed by atoms with Gasteiger partial charge in [-0.3, -0.25) is 9.59 Å². The van der Waals surface area contributed by atoms with Gasteiger partial charge in [-0.2, -0.15) is 0 Å². The van der Waals surface area contributed by atoms with Gasteiger partial charge in [-0.1, -0.05) is 72.8 Å². The van der Waals surface area contributed by atoms with Gasteiger partial charge in [0, 0.05) is 18.7 Å². The van der Waals surface area contributed by atoms with Crippen LogP contribution in [-0.2, 0) is 31.0 Å². The summed E-state index contributed by atoms with van der Waals surface area (Å²) >= 11 is 1.41. The Hall–Kier alpha value is -3.74. The predicted octanol–water partition coefficient (Wildman–Crippen LogP) is 5.32. The number of hydrogen-bond donors (Lipinski definition) is 2. The van der Waals surface area contributed by atoms with E-state index in [2.05, 4.69) is 10.6 Å². The number of carbonyl (C=O) groups is 2. The molecule has 34 heavy (non-hydrogen) atoms. The molecule has 0 saturated heterocycles. The Balaban J connectivity index is 1.19. The maximum atomic E-state index is 12.5. The predicted molar refractivity (Wildman–Crippen MR) is 134 cm³/mol. The van der Waals surface area contributed by atoms with E-state index in [0.29, 0.717) is 36.7 Å². The van der Waals surface area contributed by atoms with E-state index >= 15 is 0 Å². The quantitative estimate of drug-likeness (QED) is 0.329. The lowest BCUT2D eigenvalue weighted by Gasteiger charge is -2.09. The second-order valence-corrected chi connectivity index (χ2v) is 8.78. The Morgan fingerprint density at radius 2 is 1.18 bits per heavy atom. The lowest BCUT2D eigenvalue weighted by atomic mass is 10.1. The van der Waals surface area contributed by atoms with Crippen molar-refractivity contribution in [2.24, 2.45) is 0 Å². The summed E-state index contributed by atoms with van der Waals surface area (Å²) in [5.74, 6) is -0.227. The molecule has 0 unspecified atom stereocenters. The Morgan fingerprint density at radius 1 is 0.618 bits per heavy atom. The molecule has 5 nitrogen and oxygen atoms in total. The highest BCUT2D eigenvalue weighted by molar-refractivity contribution is 7.12. The number of hydrogen-bond acceptors (Lipinski definition) is 4. The first kappa shape index (κ1) is 23.4. The van der Waals surface area contributed by atoms with Crippen LogP contribution in [0.1, 0.15) is 42.3 Å². The summed E-state index contributed by atoms with van der Waals surface area (Å²) in [6.45, 7) is 1.99. The average Bonchev–Trinajstić information content (AvgIpc) is 3.43. The highest BCUT2D eigenvalue weighted by Crippen LogP contribution is 2.11. The summed E-state index contributed by atoms with van der Waals surface area (Å²) in [5, 5.41) is 7.71. The molecule has 2 N–H and O–H groups in total. The molecular weight excluding hydrogens is 444 g/mol. The lowest BCUT2D eigenvalue weighted by molar-refractivity contribution is 0.0943. The van der Waals surface area contributed by atoms with E-state index in [0.717, 1.165) is 22.3 Å². The number of thiophene rings is 1. The van der Waals surface area contributed by atoms with Crippen LogP contribution in [0, 0.1) is 0 Å². The standard InChI is InChI=1S/C28H26N2O3S/c31-27(25-14-12-22(13-15-25)18-30-28(32)26-7-4-16-34-26)29-17-21-8-10-24(11-9-21)20-33-19-23-5-2-1-3-6-23/h1-16H,17-20H2,(H,29,31)(H,30,32). The molecule has 0 atom stereocenters. The summed E-state index contributed by atoms with van der Waals surface area (Å²) in [6, 6.07) is 29.0. The van der Waals surface area contributed by atoms with Crippen molar-refractivity contribution in [3.63, 3.8) is 0 Å². The van der Waals surface area contributed by atoms with E-state index in [4.69, 9.17) is 4.74 Å². The van der Waals surface area contributed by atoms with E-state index in [1.165, 1.54) is 11.3 Å². The molecule has 0 bridgehead atoms. The summed E-state index contributed by atoms with van der Waals surface area (Å²) in [7, 11) is 0. The van der Waals surface area contributed by atoms with Crippen LogP contribution in [0.25, 0.3) is 0 Å². The Kier molecular flexibility index (Phi) is 8.22. The van der Waals surface area contributed by atoms with Crippen LogP contribution < -0.4 is 10.6 Å². The van der Waals surface area contributed by atoms with E-state index in [1.54, 1.807) is 18.2 Å².